The van der Waals surface area contributed by atoms with Crippen molar-refractivity contribution < 1.29 is 9.53 Å². The molecular weight excluding hydrogens is 318 g/mol. The standard InChI is InChI=1S/C20H25NO2S/c1-15-11-16(2)13-19(12-15)23-10-9-21-20(22)17(3)24-14-18-7-5-4-6-8-18/h4-8,11-13,17H,9-10,14H2,1-3H3,(H,21,22)/t17-/m0/s1. The molecule has 0 fully saturated rings. The highest BCUT2D eigenvalue weighted by atomic mass is 32.2. The first-order chi connectivity index (χ1) is 11.5. The van der Waals surface area contributed by atoms with E-state index in [9.17, 15) is 4.79 Å². The summed E-state index contributed by atoms with van der Waals surface area (Å²) in [5, 5.41) is 2.86. The van der Waals surface area contributed by atoms with E-state index >= 15 is 0 Å². The molecule has 1 atom stereocenters. The van der Waals surface area contributed by atoms with Crippen LogP contribution in [0, 0.1) is 13.8 Å². The number of aryl methyl sites for hydroxylation is 2. The minimum absolute atomic E-state index is 0.0555. The summed E-state index contributed by atoms with van der Waals surface area (Å²) in [5.74, 6) is 1.75. The van der Waals surface area contributed by atoms with Crippen LogP contribution >= 0.6 is 11.8 Å². The molecule has 0 aromatic heterocycles. The molecule has 0 bridgehead atoms. The van der Waals surface area contributed by atoms with E-state index in [4.69, 9.17) is 4.74 Å². The van der Waals surface area contributed by atoms with E-state index in [2.05, 4.69) is 23.5 Å². The molecule has 3 nitrogen and oxygen atoms in total. The second kappa shape index (κ2) is 9.38. The Morgan fingerprint density at radius 2 is 1.79 bits per heavy atom. The highest BCUT2D eigenvalue weighted by molar-refractivity contribution is 7.99. The molecule has 0 aliphatic heterocycles. The third-order valence-electron chi connectivity index (χ3n) is 3.58. The summed E-state index contributed by atoms with van der Waals surface area (Å²) >= 11 is 1.64. The second-order valence-electron chi connectivity index (χ2n) is 5.90. The second-order valence-corrected chi connectivity index (χ2v) is 7.23. The van der Waals surface area contributed by atoms with Gasteiger partial charge in [0.05, 0.1) is 11.8 Å². The Bertz CT molecular complexity index is 638. The third kappa shape index (κ3) is 6.28. The summed E-state index contributed by atoms with van der Waals surface area (Å²) in [6.45, 7) is 7.03. The van der Waals surface area contributed by atoms with Crippen molar-refractivity contribution in [2.45, 2.75) is 31.8 Å². The fourth-order valence-electron chi connectivity index (χ4n) is 2.37. The van der Waals surface area contributed by atoms with Crippen molar-refractivity contribution in [3.05, 3.63) is 65.2 Å². The maximum absolute atomic E-state index is 12.1. The Balaban J connectivity index is 1.67. The van der Waals surface area contributed by atoms with E-state index < -0.39 is 0 Å². The summed E-state index contributed by atoms with van der Waals surface area (Å²) in [5.41, 5.74) is 3.60. The maximum Gasteiger partial charge on any atom is 0.232 e. The van der Waals surface area contributed by atoms with Crippen molar-refractivity contribution in [2.75, 3.05) is 13.2 Å². The summed E-state index contributed by atoms with van der Waals surface area (Å²) in [6, 6.07) is 16.3. The first kappa shape index (κ1) is 18.4. The van der Waals surface area contributed by atoms with Crippen molar-refractivity contribution >= 4 is 17.7 Å². The number of ether oxygens (including phenoxy) is 1. The lowest BCUT2D eigenvalue weighted by molar-refractivity contribution is -0.120. The van der Waals surface area contributed by atoms with Crippen molar-refractivity contribution in [3.8, 4) is 5.75 Å². The van der Waals surface area contributed by atoms with Gasteiger partial charge in [-0.1, -0.05) is 36.4 Å². The van der Waals surface area contributed by atoms with Crippen molar-refractivity contribution in [1.29, 1.82) is 0 Å². The smallest absolute Gasteiger partial charge is 0.232 e. The Labute approximate surface area is 148 Å². The molecule has 1 amide bonds. The summed E-state index contributed by atoms with van der Waals surface area (Å²) in [4.78, 5) is 12.1. The minimum Gasteiger partial charge on any atom is -0.492 e. The average molecular weight is 343 g/mol. The lowest BCUT2D eigenvalue weighted by Crippen LogP contribution is -2.34. The molecule has 2 rings (SSSR count). The van der Waals surface area contributed by atoms with Crippen LogP contribution in [0.2, 0.25) is 0 Å². The van der Waals surface area contributed by atoms with Gasteiger partial charge in [0, 0.05) is 5.75 Å². The number of benzene rings is 2. The number of hydrogen-bond acceptors (Lipinski definition) is 3. The van der Waals surface area contributed by atoms with Gasteiger partial charge in [-0.25, -0.2) is 0 Å². The molecule has 128 valence electrons. The van der Waals surface area contributed by atoms with Crippen LogP contribution in [0.3, 0.4) is 0 Å². The summed E-state index contributed by atoms with van der Waals surface area (Å²) < 4.78 is 5.71. The lowest BCUT2D eigenvalue weighted by atomic mass is 10.1. The number of carbonyl (C=O) groups is 1. The monoisotopic (exact) mass is 343 g/mol. The minimum atomic E-state index is -0.0774. The normalized spacial score (nSPS) is 11.8. The van der Waals surface area contributed by atoms with Crippen LogP contribution in [0.4, 0.5) is 0 Å². The zero-order valence-corrected chi connectivity index (χ0v) is 15.4. The molecular formula is C20H25NO2S. The van der Waals surface area contributed by atoms with E-state index in [0.717, 1.165) is 11.5 Å². The van der Waals surface area contributed by atoms with Crippen LogP contribution in [0.1, 0.15) is 23.6 Å². The third-order valence-corrected chi connectivity index (χ3v) is 4.79. The van der Waals surface area contributed by atoms with Crippen LogP contribution < -0.4 is 10.1 Å². The van der Waals surface area contributed by atoms with Gasteiger partial charge in [-0.15, -0.1) is 11.8 Å². The first-order valence-corrected chi connectivity index (χ1v) is 9.24. The van der Waals surface area contributed by atoms with Crippen LogP contribution in [0.25, 0.3) is 0 Å². The number of amides is 1. The average Bonchev–Trinajstić information content (AvgIpc) is 2.56. The van der Waals surface area contributed by atoms with Gasteiger partial charge in [0.15, 0.2) is 0 Å². The quantitative estimate of drug-likeness (QED) is 0.733. The zero-order chi connectivity index (χ0) is 17.4. The number of hydrogen-bond donors (Lipinski definition) is 1. The molecule has 0 unspecified atom stereocenters. The molecule has 0 aliphatic carbocycles. The molecule has 0 heterocycles. The van der Waals surface area contributed by atoms with Crippen molar-refractivity contribution in [2.24, 2.45) is 0 Å². The summed E-state index contributed by atoms with van der Waals surface area (Å²) in [7, 11) is 0. The van der Waals surface area contributed by atoms with Crippen molar-refractivity contribution in [3.63, 3.8) is 0 Å². The fraction of sp³-hybridized carbons (Fsp3) is 0.350. The van der Waals surface area contributed by atoms with Crippen LogP contribution in [0.15, 0.2) is 48.5 Å². The van der Waals surface area contributed by atoms with E-state index in [0.29, 0.717) is 13.2 Å². The molecule has 2 aromatic rings. The number of carbonyl (C=O) groups excluding carboxylic acids is 1. The topological polar surface area (TPSA) is 38.3 Å². The van der Waals surface area contributed by atoms with Gasteiger partial charge in [-0.05, 0) is 49.6 Å². The molecule has 2 aromatic carbocycles. The maximum atomic E-state index is 12.1. The van der Waals surface area contributed by atoms with Gasteiger partial charge in [0.25, 0.3) is 0 Å². The SMILES string of the molecule is Cc1cc(C)cc(OCCNC(=O)[C@H](C)SCc2ccccc2)c1. The van der Waals surface area contributed by atoms with Gasteiger partial charge >= 0.3 is 0 Å². The summed E-state index contributed by atoms with van der Waals surface area (Å²) in [6.07, 6.45) is 0. The number of rotatable bonds is 8. The van der Waals surface area contributed by atoms with E-state index in [1.165, 1.54) is 16.7 Å². The molecule has 0 radical (unpaired) electrons. The van der Waals surface area contributed by atoms with E-state index in [1.807, 2.05) is 51.1 Å². The van der Waals surface area contributed by atoms with Gasteiger partial charge in [0.1, 0.15) is 12.4 Å². The van der Waals surface area contributed by atoms with Crippen LogP contribution in [-0.2, 0) is 10.5 Å². The predicted molar refractivity (Wildman–Crippen MR) is 102 cm³/mol. The molecule has 0 saturated heterocycles. The molecule has 0 aliphatic rings. The molecule has 0 spiro atoms. The Hall–Kier alpha value is -1.94. The first-order valence-electron chi connectivity index (χ1n) is 8.19. The lowest BCUT2D eigenvalue weighted by Gasteiger charge is -2.13. The van der Waals surface area contributed by atoms with Gasteiger partial charge in [0.2, 0.25) is 5.91 Å². The van der Waals surface area contributed by atoms with Crippen LogP contribution in [-0.4, -0.2) is 24.3 Å². The van der Waals surface area contributed by atoms with E-state index in [1.54, 1.807) is 11.8 Å². The molecule has 0 saturated carbocycles. The fourth-order valence-corrected chi connectivity index (χ4v) is 3.24. The largest absolute Gasteiger partial charge is 0.492 e. The number of thioether (sulfide) groups is 1. The van der Waals surface area contributed by atoms with E-state index in [-0.39, 0.29) is 11.2 Å². The molecule has 1 N–H and O–H groups in total. The highest BCUT2D eigenvalue weighted by Crippen LogP contribution is 2.18. The van der Waals surface area contributed by atoms with Gasteiger partial charge < -0.3 is 10.1 Å². The zero-order valence-electron chi connectivity index (χ0n) is 14.5. The number of nitrogens with one attached hydrogen (secondary N) is 1. The Morgan fingerprint density at radius 1 is 1.12 bits per heavy atom. The molecule has 24 heavy (non-hydrogen) atoms. The highest BCUT2D eigenvalue weighted by Gasteiger charge is 2.12. The van der Waals surface area contributed by atoms with Crippen molar-refractivity contribution in [1.82, 2.24) is 5.32 Å². The Morgan fingerprint density at radius 3 is 2.46 bits per heavy atom. The van der Waals surface area contributed by atoms with Gasteiger partial charge in [-0.3, -0.25) is 4.79 Å². The molecule has 4 heteroatoms. The van der Waals surface area contributed by atoms with Crippen LogP contribution in [0.5, 0.6) is 5.75 Å². The van der Waals surface area contributed by atoms with Gasteiger partial charge in [-0.2, -0.15) is 0 Å². The Kier molecular flexibility index (Phi) is 7.19. The predicted octanol–water partition coefficient (Wildman–Crippen LogP) is 4.12.